The molecule has 3 rings (SSSR count). The lowest BCUT2D eigenvalue weighted by Crippen LogP contribution is -2.44. The zero-order valence-corrected chi connectivity index (χ0v) is 17.1. The van der Waals surface area contributed by atoms with Crippen LogP contribution in [-0.4, -0.2) is 50.8 Å². The van der Waals surface area contributed by atoms with Crippen LogP contribution in [0.5, 0.6) is 5.75 Å². The molecule has 0 radical (unpaired) electrons. The van der Waals surface area contributed by atoms with Gasteiger partial charge in [0.2, 0.25) is 0 Å². The van der Waals surface area contributed by atoms with Crippen LogP contribution in [0.15, 0.2) is 36.4 Å². The molecule has 2 aromatic rings. The van der Waals surface area contributed by atoms with E-state index in [1.165, 1.54) is 11.6 Å². The summed E-state index contributed by atoms with van der Waals surface area (Å²) in [4.78, 5) is 0. The van der Waals surface area contributed by atoms with E-state index in [2.05, 4.69) is 32.0 Å². The molecule has 1 aliphatic heterocycles. The van der Waals surface area contributed by atoms with Gasteiger partial charge in [0.05, 0.1) is 30.4 Å². The normalized spacial score (nSPS) is 23.6. The van der Waals surface area contributed by atoms with Gasteiger partial charge in [0.1, 0.15) is 18.0 Å². The van der Waals surface area contributed by atoms with Crippen LogP contribution in [0.2, 0.25) is 0 Å². The minimum Gasteiger partial charge on any atom is -0.508 e. The van der Waals surface area contributed by atoms with Gasteiger partial charge in [-0.1, -0.05) is 38.1 Å². The molecule has 1 fully saturated rings. The van der Waals surface area contributed by atoms with Crippen LogP contribution in [0.25, 0.3) is 0 Å². The Hall–Kier alpha value is -2.47. The van der Waals surface area contributed by atoms with Crippen LogP contribution >= 0.6 is 0 Å². The van der Waals surface area contributed by atoms with Crippen molar-refractivity contribution in [2.45, 2.75) is 57.0 Å². The molecule has 2 aromatic carbocycles. The van der Waals surface area contributed by atoms with Crippen molar-refractivity contribution in [3.63, 3.8) is 0 Å². The maximum absolute atomic E-state index is 10.4. The highest BCUT2D eigenvalue weighted by Crippen LogP contribution is 2.38. The van der Waals surface area contributed by atoms with Gasteiger partial charge in [-0.15, -0.1) is 0 Å². The molecule has 6 N–H and O–H groups in total. The summed E-state index contributed by atoms with van der Waals surface area (Å²) in [5, 5.41) is 49.8. The molecule has 1 heterocycles. The molecule has 0 bridgehead atoms. The number of nitrogens with zero attached hydrogens (tertiary/aromatic N) is 1. The predicted molar refractivity (Wildman–Crippen MR) is 111 cm³/mol. The Kier molecular flexibility index (Phi) is 7.96. The number of rotatable bonds is 5. The SMILES string of the molecule is CC(C)c1ccc(Cc2cc([C@@H]3O[C@H](CO)C[C@H](O)[C@H]3O)c(O)cc2C#N)cc1.O. The number of aromatic hydroxyl groups is 1. The third-order valence-corrected chi connectivity index (χ3v) is 5.47. The first kappa shape index (κ1) is 23.8. The second-order valence-corrected chi connectivity index (χ2v) is 7.91. The lowest BCUT2D eigenvalue weighted by atomic mass is 9.89. The first-order valence-electron chi connectivity index (χ1n) is 9.81. The lowest BCUT2D eigenvalue weighted by Gasteiger charge is -2.37. The lowest BCUT2D eigenvalue weighted by molar-refractivity contribution is -0.180. The fraction of sp³-hybridized carbons (Fsp3) is 0.435. The smallest absolute Gasteiger partial charge is 0.122 e. The monoisotopic (exact) mass is 415 g/mol. The van der Waals surface area contributed by atoms with E-state index in [4.69, 9.17) is 4.74 Å². The molecule has 162 valence electrons. The van der Waals surface area contributed by atoms with E-state index in [1.807, 2.05) is 12.1 Å². The molecule has 0 saturated carbocycles. The van der Waals surface area contributed by atoms with E-state index >= 15 is 0 Å². The number of aliphatic hydroxyl groups excluding tert-OH is 3. The Labute approximate surface area is 176 Å². The maximum Gasteiger partial charge on any atom is 0.122 e. The van der Waals surface area contributed by atoms with Gasteiger partial charge in [-0.25, -0.2) is 0 Å². The molecule has 1 aliphatic rings. The third kappa shape index (κ3) is 4.98. The van der Waals surface area contributed by atoms with Crippen LogP contribution in [-0.2, 0) is 11.2 Å². The van der Waals surface area contributed by atoms with Gasteiger partial charge in [-0.05, 0) is 41.2 Å². The molecule has 7 nitrogen and oxygen atoms in total. The Balaban J connectivity index is 0.00000320. The van der Waals surface area contributed by atoms with Gasteiger partial charge in [-0.3, -0.25) is 0 Å². The van der Waals surface area contributed by atoms with Crippen LogP contribution < -0.4 is 0 Å². The highest BCUT2D eigenvalue weighted by atomic mass is 16.5. The number of benzene rings is 2. The summed E-state index contributed by atoms with van der Waals surface area (Å²) in [6, 6.07) is 13.3. The Bertz CT molecular complexity index is 890. The zero-order valence-electron chi connectivity index (χ0n) is 17.1. The van der Waals surface area contributed by atoms with E-state index in [0.717, 1.165) is 5.56 Å². The van der Waals surface area contributed by atoms with Crippen molar-refractivity contribution in [2.75, 3.05) is 6.61 Å². The van der Waals surface area contributed by atoms with Crippen molar-refractivity contribution in [3.8, 4) is 11.8 Å². The van der Waals surface area contributed by atoms with Crippen LogP contribution in [0.4, 0.5) is 0 Å². The zero-order chi connectivity index (χ0) is 21.1. The van der Waals surface area contributed by atoms with Gasteiger partial charge < -0.3 is 30.6 Å². The summed E-state index contributed by atoms with van der Waals surface area (Å²) in [5.74, 6) is 0.241. The Morgan fingerprint density at radius 1 is 1.17 bits per heavy atom. The quantitative estimate of drug-likeness (QED) is 0.585. The molecular formula is C23H29NO6. The fourth-order valence-electron chi connectivity index (χ4n) is 3.70. The largest absolute Gasteiger partial charge is 0.508 e. The van der Waals surface area contributed by atoms with Gasteiger partial charge in [-0.2, -0.15) is 5.26 Å². The Morgan fingerprint density at radius 3 is 2.40 bits per heavy atom. The van der Waals surface area contributed by atoms with Gasteiger partial charge in [0, 0.05) is 12.0 Å². The minimum atomic E-state index is -1.24. The molecule has 4 atom stereocenters. The van der Waals surface area contributed by atoms with Crippen LogP contribution in [0.3, 0.4) is 0 Å². The third-order valence-electron chi connectivity index (χ3n) is 5.47. The van der Waals surface area contributed by atoms with Crippen molar-refractivity contribution in [1.29, 1.82) is 5.26 Å². The second-order valence-electron chi connectivity index (χ2n) is 7.91. The molecule has 0 spiro atoms. The number of ether oxygens (including phenoxy) is 1. The topological polar surface area (TPSA) is 145 Å². The average Bonchev–Trinajstić information content (AvgIpc) is 2.71. The van der Waals surface area contributed by atoms with Crippen molar-refractivity contribution in [3.05, 3.63) is 64.2 Å². The Morgan fingerprint density at radius 2 is 1.83 bits per heavy atom. The molecule has 0 amide bonds. The second kappa shape index (κ2) is 10.0. The molecule has 0 aromatic heterocycles. The number of phenolic OH excluding ortho intramolecular Hbond substituents is 1. The summed E-state index contributed by atoms with van der Waals surface area (Å²) in [5.41, 5.74) is 3.56. The summed E-state index contributed by atoms with van der Waals surface area (Å²) < 4.78 is 5.70. The first-order chi connectivity index (χ1) is 13.8. The molecule has 0 aliphatic carbocycles. The van der Waals surface area contributed by atoms with Gasteiger partial charge >= 0.3 is 0 Å². The highest BCUT2D eigenvalue weighted by molar-refractivity contribution is 5.50. The number of hydrogen-bond donors (Lipinski definition) is 4. The first-order valence-corrected chi connectivity index (χ1v) is 9.81. The molecule has 30 heavy (non-hydrogen) atoms. The summed E-state index contributed by atoms with van der Waals surface area (Å²) in [6.45, 7) is 3.95. The predicted octanol–water partition coefficient (Wildman–Crippen LogP) is 1.70. The molecular weight excluding hydrogens is 386 g/mol. The van der Waals surface area contributed by atoms with Crippen molar-refractivity contribution in [2.24, 2.45) is 0 Å². The molecule has 0 unspecified atom stereocenters. The van der Waals surface area contributed by atoms with E-state index in [-0.39, 0.29) is 24.3 Å². The standard InChI is InChI=1S/C23H27NO5.H2O/c1-13(2)15-5-3-14(4-6-15)7-16-8-19(20(26)9-17(16)11-24)23-22(28)21(27)10-18(12-25)29-23;/h3-6,8-9,13,18,21-23,25-28H,7,10,12H2,1-2H3;1H2/t18-,21-,22+,23-;/m0./s1. The number of hydrogen-bond acceptors (Lipinski definition) is 6. The average molecular weight is 415 g/mol. The molecule has 7 heteroatoms. The van der Waals surface area contributed by atoms with Crippen molar-refractivity contribution in [1.82, 2.24) is 0 Å². The molecule has 1 saturated heterocycles. The maximum atomic E-state index is 10.4. The van der Waals surface area contributed by atoms with E-state index < -0.39 is 24.4 Å². The number of nitriles is 1. The van der Waals surface area contributed by atoms with Crippen LogP contribution in [0, 0.1) is 11.3 Å². The van der Waals surface area contributed by atoms with E-state index in [1.54, 1.807) is 6.07 Å². The van der Waals surface area contributed by atoms with Crippen molar-refractivity contribution < 1.29 is 30.6 Å². The summed E-state index contributed by atoms with van der Waals surface area (Å²) in [6.07, 6.45) is -3.36. The highest BCUT2D eigenvalue weighted by Gasteiger charge is 2.38. The summed E-state index contributed by atoms with van der Waals surface area (Å²) >= 11 is 0. The van der Waals surface area contributed by atoms with Crippen LogP contribution in [0.1, 0.15) is 60.1 Å². The minimum absolute atomic E-state index is 0. The fourth-order valence-corrected chi connectivity index (χ4v) is 3.70. The number of phenols is 1. The van der Waals surface area contributed by atoms with Crippen molar-refractivity contribution >= 4 is 0 Å². The summed E-state index contributed by atoms with van der Waals surface area (Å²) in [7, 11) is 0. The van der Waals surface area contributed by atoms with Gasteiger partial charge in [0.15, 0.2) is 0 Å². The van der Waals surface area contributed by atoms with E-state index in [0.29, 0.717) is 29.0 Å². The van der Waals surface area contributed by atoms with Gasteiger partial charge in [0.25, 0.3) is 0 Å². The van der Waals surface area contributed by atoms with E-state index in [9.17, 15) is 25.7 Å². The number of aliphatic hydroxyl groups is 3.